The van der Waals surface area contributed by atoms with Crippen LogP contribution >= 0.6 is 0 Å². The molecule has 0 spiro atoms. The normalized spacial score (nSPS) is 14.5. The smallest absolute Gasteiger partial charge is 0.118 e. The van der Waals surface area contributed by atoms with Crippen molar-refractivity contribution in [2.24, 2.45) is 5.92 Å². The van der Waals surface area contributed by atoms with Crippen molar-refractivity contribution in [2.45, 2.75) is 45.7 Å². The van der Waals surface area contributed by atoms with Crippen molar-refractivity contribution in [2.75, 3.05) is 27.7 Å². The molecule has 1 aromatic carbocycles. The Morgan fingerprint density at radius 2 is 1.67 bits per heavy atom. The summed E-state index contributed by atoms with van der Waals surface area (Å²) < 4.78 is 5.21. The van der Waals surface area contributed by atoms with Gasteiger partial charge in [0.1, 0.15) is 5.75 Å². The number of benzene rings is 1. The quantitative estimate of drug-likeness (QED) is 0.751. The minimum atomic E-state index is 0.354. The number of rotatable bonds is 9. The average Bonchev–Trinajstić information content (AvgIpc) is 2.50. The number of hydrogen-bond acceptors (Lipinski definition) is 3. The summed E-state index contributed by atoms with van der Waals surface area (Å²) in [6.45, 7) is 7.82. The second-order valence-corrected chi connectivity index (χ2v) is 6.01. The molecule has 21 heavy (non-hydrogen) atoms. The lowest BCUT2D eigenvalue weighted by Crippen LogP contribution is -2.43. The maximum atomic E-state index is 5.21. The molecule has 3 heteroatoms. The number of hydrogen-bond donors (Lipinski definition) is 1. The zero-order valence-electron chi connectivity index (χ0n) is 14.5. The van der Waals surface area contributed by atoms with Crippen LogP contribution < -0.4 is 10.1 Å². The summed E-state index contributed by atoms with van der Waals surface area (Å²) in [4.78, 5) is 2.35. The number of ether oxygens (including phenoxy) is 1. The molecule has 0 radical (unpaired) electrons. The molecule has 0 aliphatic heterocycles. The fraction of sp³-hybridized carbons (Fsp3) is 0.667. The Kier molecular flexibility index (Phi) is 7.76. The van der Waals surface area contributed by atoms with Gasteiger partial charge in [-0.1, -0.05) is 38.8 Å². The molecular formula is C18H32N2O. The maximum absolute atomic E-state index is 5.21. The molecule has 0 aliphatic rings. The molecule has 3 nitrogen and oxygen atoms in total. The van der Waals surface area contributed by atoms with Gasteiger partial charge in [-0.25, -0.2) is 0 Å². The molecule has 0 saturated carbocycles. The van der Waals surface area contributed by atoms with E-state index in [1.54, 1.807) is 7.11 Å². The molecule has 0 saturated heterocycles. The van der Waals surface area contributed by atoms with Crippen LogP contribution in [0.3, 0.4) is 0 Å². The van der Waals surface area contributed by atoms with E-state index in [4.69, 9.17) is 4.74 Å². The van der Waals surface area contributed by atoms with Crippen LogP contribution in [0.15, 0.2) is 24.3 Å². The molecule has 0 bridgehead atoms. The van der Waals surface area contributed by atoms with Crippen molar-refractivity contribution in [1.29, 1.82) is 0 Å². The van der Waals surface area contributed by atoms with Crippen LogP contribution in [-0.4, -0.2) is 38.7 Å². The van der Waals surface area contributed by atoms with Gasteiger partial charge in [-0.2, -0.15) is 0 Å². The summed E-state index contributed by atoms with van der Waals surface area (Å²) >= 11 is 0. The summed E-state index contributed by atoms with van der Waals surface area (Å²) in [5.41, 5.74) is 1.30. The fourth-order valence-electron chi connectivity index (χ4n) is 2.91. The first-order valence-corrected chi connectivity index (χ1v) is 8.07. The van der Waals surface area contributed by atoms with Gasteiger partial charge in [0.15, 0.2) is 0 Å². The largest absolute Gasteiger partial charge is 0.497 e. The third kappa shape index (κ3) is 5.33. The van der Waals surface area contributed by atoms with Gasteiger partial charge in [0, 0.05) is 18.6 Å². The minimum absolute atomic E-state index is 0.354. The molecule has 0 aliphatic carbocycles. The van der Waals surface area contributed by atoms with E-state index in [9.17, 15) is 0 Å². The van der Waals surface area contributed by atoms with Gasteiger partial charge in [0.25, 0.3) is 0 Å². The minimum Gasteiger partial charge on any atom is -0.497 e. The van der Waals surface area contributed by atoms with Gasteiger partial charge < -0.3 is 15.0 Å². The van der Waals surface area contributed by atoms with E-state index in [0.29, 0.717) is 12.1 Å². The molecule has 1 N–H and O–H groups in total. The van der Waals surface area contributed by atoms with Gasteiger partial charge in [0.05, 0.1) is 7.11 Å². The molecular weight excluding hydrogens is 260 g/mol. The van der Waals surface area contributed by atoms with Gasteiger partial charge in [-0.15, -0.1) is 0 Å². The van der Waals surface area contributed by atoms with Crippen molar-refractivity contribution < 1.29 is 4.74 Å². The SMILES string of the molecule is CCC(CC)C(CNC(C)c1ccc(OC)cc1)N(C)C. The van der Waals surface area contributed by atoms with E-state index in [1.807, 2.05) is 12.1 Å². The van der Waals surface area contributed by atoms with Crippen LogP contribution in [0.1, 0.15) is 45.2 Å². The first-order valence-electron chi connectivity index (χ1n) is 8.07. The topological polar surface area (TPSA) is 24.5 Å². The Morgan fingerprint density at radius 1 is 1.10 bits per heavy atom. The Morgan fingerprint density at radius 3 is 2.10 bits per heavy atom. The van der Waals surface area contributed by atoms with Gasteiger partial charge in [-0.05, 0) is 44.6 Å². The third-order valence-corrected chi connectivity index (χ3v) is 4.51. The van der Waals surface area contributed by atoms with E-state index in [0.717, 1.165) is 18.2 Å². The lowest BCUT2D eigenvalue weighted by molar-refractivity contribution is 0.190. The molecule has 120 valence electrons. The highest BCUT2D eigenvalue weighted by Crippen LogP contribution is 2.20. The Balaban J connectivity index is 2.61. The number of nitrogens with zero attached hydrogens (tertiary/aromatic N) is 1. The standard InChI is InChI=1S/C18H32N2O/c1-7-15(8-2)18(20(4)5)13-19-14(3)16-9-11-17(21-6)12-10-16/h9-12,14-15,18-19H,7-8,13H2,1-6H3. The fourth-order valence-corrected chi connectivity index (χ4v) is 2.91. The highest BCUT2D eigenvalue weighted by atomic mass is 16.5. The second kappa shape index (κ2) is 9.06. The first-order chi connectivity index (χ1) is 10.0. The lowest BCUT2D eigenvalue weighted by atomic mass is 9.93. The highest BCUT2D eigenvalue weighted by molar-refractivity contribution is 5.28. The van der Waals surface area contributed by atoms with Crippen LogP contribution in [0.25, 0.3) is 0 Å². The Hall–Kier alpha value is -1.06. The summed E-state index contributed by atoms with van der Waals surface area (Å²) in [5.74, 6) is 1.66. The van der Waals surface area contributed by atoms with Crippen LogP contribution in [0.5, 0.6) is 5.75 Å². The zero-order valence-corrected chi connectivity index (χ0v) is 14.5. The van der Waals surface area contributed by atoms with Crippen molar-refractivity contribution in [3.8, 4) is 5.75 Å². The Labute approximate surface area is 130 Å². The number of methoxy groups -OCH3 is 1. The van der Waals surface area contributed by atoms with Crippen molar-refractivity contribution in [3.63, 3.8) is 0 Å². The van der Waals surface area contributed by atoms with Crippen LogP contribution in [-0.2, 0) is 0 Å². The van der Waals surface area contributed by atoms with Crippen LogP contribution in [0, 0.1) is 5.92 Å². The predicted octanol–water partition coefficient (Wildman–Crippen LogP) is 3.71. The van der Waals surface area contributed by atoms with E-state index >= 15 is 0 Å². The van der Waals surface area contributed by atoms with E-state index in [-0.39, 0.29) is 0 Å². The van der Waals surface area contributed by atoms with Gasteiger partial charge in [-0.3, -0.25) is 0 Å². The summed E-state index contributed by atoms with van der Waals surface area (Å²) in [7, 11) is 6.07. The summed E-state index contributed by atoms with van der Waals surface area (Å²) in [5, 5.41) is 3.68. The molecule has 1 aromatic rings. The summed E-state index contributed by atoms with van der Waals surface area (Å²) in [6, 6.07) is 9.26. The number of likely N-dealkylation sites (N-methyl/N-ethyl adjacent to an activating group) is 1. The Bertz CT molecular complexity index is 385. The first kappa shape index (κ1) is 18.0. The average molecular weight is 292 g/mol. The molecule has 2 atom stereocenters. The van der Waals surface area contributed by atoms with Gasteiger partial charge in [0.2, 0.25) is 0 Å². The molecule has 1 rings (SSSR count). The zero-order chi connectivity index (χ0) is 15.8. The van der Waals surface area contributed by atoms with Crippen LogP contribution in [0.4, 0.5) is 0 Å². The van der Waals surface area contributed by atoms with E-state index in [1.165, 1.54) is 18.4 Å². The highest BCUT2D eigenvalue weighted by Gasteiger charge is 2.21. The second-order valence-electron chi connectivity index (χ2n) is 6.01. The molecule has 0 heterocycles. The molecule has 2 unspecified atom stereocenters. The predicted molar refractivity (Wildman–Crippen MR) is 91.0 cm³/mol. The van der Waals surface area contributed by atoms with Crippen LogP contribution in [0.2, 0.25) is 0 Å². The van der Waals surface area contributed by atoms with Crippen molar-refractivity contribution >= 4 is 0 Å². The molecule has 0 fully saturated rings. The van der Waals surface area contributed by atoms with Gasteiger partial charge >= 0.3 is 0 Å². The number of nitrogens with one attached hydrogen (secondary N) is 1. The van der Waals surface area contributed by atoms with E-state index in [2.05, 4.69) is 57.2 Å². The summed E-state index contributed by atoms with van der Waals surface area (Å²) in [6.07, 6.45) is 2.47. The molecule has 0 amide bonds. The van der Waals surface area contributed by atoms with Crippen molar-refractivity contribution in [3.05, 3.63) is 29.8 Å². The monoisotopic (exact) mass is 292 g/mol. The van der Waals surface area contributed by atoms with Crippen molar-refractivity contribution in [1.82, 2.24) is 10.2 Å². The maximum Gasteiger partial charge on any atom is 0.118 e. The third-order valence-electron chi connectivity index (χ3n) is 4.51. The lowest BCUT2D eigenvalue weighted by Gasteiger charge is -2.32. The van der Waals surface area contributed by atoms with E-state index < -0.39 is 0 Å². The molecule has 0 aromatic heterocycles.